The molecule has 2 aliphatic rings. The molecule has 2 heterocycles. The molecule has 0 saturated carbocycles. The topological polar surface area (TPSA) is 6.48 Å². The lowest BCUT2D eigenvalue weighted by Gasteiger charge is -2.46. The second kappa shape index (κ2) is 4.84. The monoisotopic (exact) mass is 210 g/mol. The van der Waals surface area contributed by atoms with Crippen molar-refractivity contribution in [2.45, 2.75) is 39.7 Å². The Labute approximate surface area is 94.6 Å². The molecule has 0 aliphatic carbocycles. The Bertz CT molecular complexity index is 203. The predicted octanol–water partition coefficient (Wildman–Crippen LogP) is 2.06. The molecule has 2 heteroatoms. The zero-order valence-corrected chi connectivity index (χ0v) is 10.6. The van der Waals surface area contributed by atoms with Gasteiger partial charge < -0.3 is 9.80 Å². The van der Waals surface area contributed by atoms with Crippen molar-refractivity contribution >= 4 is 0 Å². The number of fused-ring (bicyclic) bond motifs is 1. The number of rotatable bonds is 2. The third kappa shape index (κ3) is 2.54. The summed E-state index contributed by atoms with van der Waals surface area (Å²) in [7, 11) is 0. The van der Waals surface area contributed by atoms with E-state index in [4.69, 9.17) is 0 Å². The molecule has 2 nitrogen and oxygen atoms in total. The van der Waals surface area contributed by atoms with Gasteiger partial charge in [-0.2, -0.15) is 0 Å². The van der Waals surface area contributed by atoms with E-state index in [-0.39, 0.29) is 0 Å². The number of hydrogen-bond acceptors (Lipinski definition) is 2. The van der Waals surface area contributed by atoms with Crippen LogP contribution in [0.4, 0.5) is 0 Å². The van der Waals surface area contributed by atoms with Crippen LogP contribution >= 0.6 is 0 Å². The summed E-state index contributed by atoms with van der Waals surface area (Å²) >= 11 is 0. The van der Waals surface area contributed by atoms with Crippen LogP contribution in [0.15, 0.2) is 0 Å². The number of likely N-dealkylation sites (tertiary alicyclic amines) is 2. The lowest BCUT2D eigenvalue weighted by atomic mass is 9.80. The molecule has 0 bridgehead atoms. The highest BCUT2D eigenvalue weighted by Gasteiger charge is 2.33. The fraction of sp³-hybridized carbons (Fsp3) is 1.00. The molecule has 2 rings (SSSR count). The highest BCUT2D eigenvalue weighted by Crippen LogP contribution is 2.31. The quantitative estimate of drug-likeness (QED) is 0.688. The van der Waals surface area contributed by atoms with Crippen LogP contribution in [-0.4, -0.2) is 48.6 Å². The van der Waals surface area contributed by atoms with Gasteiger partial charge >= 0.3 is 0 Å². The minimum absolute atomic E-state index is 0.739. The molecule has 0 aromatic rings. The van der Waals surface area contributed by atoms with Gasteiger partial charge in [0.2, 0.25) is 0 Å². The normalized spacial score (nSPS) is 34.4. The first kappa shape index (κ1) is 11.4. The van der Waals surface area contributed by atoms with Gasteiger partial charge in [-0.25, -0.2) is 0 Å². The van der Waals surface area contributed by atoms with Gasteiger partial charge in [0.25, 0.3) is 0 Å². The van der Waals surface area contributed by atoms with Gasteiger partial charge in [-0.15, -0.1) is 0 Å². The SMILES string of the molecule is CCN1CCC2CCN(C(C)C)CC2C1. The minimum Gasteiger partial charge on any atom is -0.303 e. The average Bonchev–Trinajstić information content (AvgIpc) is 2.27. The molecule has 2 fully saturated rings. The van der Waals surface area contributed by atoms with Crippen LogP contribution in [0.1, 0.15) is 33.6 Å². The van der Waals surface area contributed by atoms with Crippen molar-refractivity contribution in [3.8, 4) is 0 Å². The maximum absolute atomic E-state index is 2.67. The Balaban J connectivity index is 1.91. The lowest BCUT2D eigenvalue weighted by molar-refractivity contribution is 0.0313. The van der Waals surface area contributed by atoms with Crippen molar-refractivity contribution in [2.75, 3.05) is 32.7 Å². The molecule has 0 amide bonds. The third-order valence-electron chi connectivity index (χ3n) is 4.41. The Morgan fingerprint density at radius 1 is 1.07 bits per heavy atom. The van der Waals surface area contributed by atoms with E-state index in [1.54, 1.807) is 0 Å². The van der Waals surface area contributed by atoms with Gasteiger partial charge in [-0.05, 0) is 58.2 Å². The van der Waals surface area contributed by atoms with Gasteiger partial charge in [0.05, 0.1) is 0 Å². The standard InChI is InChI=1S/C13H26N2/c1-4-14-7-5-12-6-8-15(11(2)3)10-13(12)9-14/h11-13H,4-10H2,1-3H3. The van der Waals surface area contributed by atoms with Crippen LogP contribution in [0.25, 0.3) is 0 Å². The molecular weight excluding hydrogens is 184 g/mol. The Morgan fingerprint density at radius 2 is 1.80 bits per heavy atom. The summed E-state index contributed by atoms with van der Waals surface area (Å²) in [6.45, 7) is 13.6. The average molecular weight is 210 g/mol. The number of nitrogens with zero attached hydrogens (tertiary/aromatic N) is 2. The third-order valence-corrected chi connectivity index (χ3v) is 4.41. The molecular formula is C13H26N2. The van der Waals surface area contributed by atoms with Gasteiger partial charge in [0, 0.05) is 19.1 Å². The van der Waals surface area contributed by atoms with Crippen LogP contribution in [0.5, 0.6) is 0 Å². The Kier molecular flexibility index (Phi) is 3.68. The van der Waals surface area contributed by atoms with Gasteiger partial charge in [0.15, 0.2) is 0 Å². The van der Waals surface area contributed by atoms with Crippen LogP contribution in [0.3, 0.4) is 0 Å². The Hall–Kier alpha value is -0.0800. The maximum Gasteiger partial charge on any atom is 0.00387 e. The summed E-state index contributed by atoms with van der Waals surface area (Å²) in [6, 6.07) is 0.739. The highest BCUT2D eigenvalue weighted by molar-refractivity contribution is 4.87. The van der Waals surface area contributed by atoms with Gasteiger partial charge in [-0.1, -0.05) is 6.92 Å². The van der Waals surface area contributed by atoms with E-state index >= 15 is 0 Å². The van der Waals surface area contributed by atoms with E-state index < -0.39 is 0 Å². The molecule has 0 spiro atoms. The van der Waals surface area contributed by atoms with Crippen LogP contribution in [-0.2, 0) is 0 Å². The first-order valence-electron chi connectivity index (χ1n) is 6.67. The first-order chi connectivity index (χ1) is 7.20. The largest absolute Gasteiger partial charge is 0.303 e. The van der Waals surface area contributed by atoms with Crippen molar-refractivity contribution in [1.82, 2.24) is 9.80 Å². The predicted molar refractivity (Wildman–Crippen MR) is 65.0 cm³/mol. The van der Waals surface area contributed by atoms with Crippen molar-refractivity contribution in [3.63, 3.8) is 0 Å². The maximum atomic E-state index is 2.67. The van der Waals surface area contributed by atoms with Crippen molar-refractivity contribution in [3.05, 3.63) is 0 Å². The van der Waals surface area contributed by atoms with Crippen LogP contribution < -0.4 is 0 Å². The van der Waals surface area contributed by atoms with Gasteiger partial charge in [-0.3, -0.25) is 0 Å². The van der Waals surface area contributed by atoms with E-state index in [0.29, 0.717) is 0 Å². The zero-order chi connectivity index (χ0) is 10.8. The smallest absolute Gasteiger partial charge is 0.00387 e. The highest BCUT2D eigenvalue weighted by atomic mass is 15.2. The van der Waals surface area contributed by atoms with Crippen molar-refractivity contribution in [1.29, 1.82) is 0 Å². The summed E-state index contributed by atoms with van der Waals surface area (Å²) in [4.78, 5) is 5.30. The van der Waals surface area contributed by atoms with Crippen molar-refractivity contribution < 1.29 is 0 Å². The number of piperidine rings is 2. The van der Waals surface area contributed by atoms with E-state index in [9.17, 15) is 0 Å². The molecule has 0 N–H and O–H groups in total. The van der Waals surface area contributed by atoms with Crippen LogP contribution in [0, 0.1) is 11.8 Å². The summed E-state index contributed by atoms with van der Waals surface area (Å²) in [5, 5.41) is 0. The molecule has 88 valence electrons. The van der Waals surface area contributed by atoms with Crippen molar-refractivity contribution in [2.24, 2.45) is 11.8 Å². The summed E-state index contributed by atoms with van der Waals surface area (Å²) in [5.41, 5.74) is 0. The second-order valence-corrected chi connectivity index (χ2v) is 5.58. The minimum atomic E-state index is 0.739. The molecule has 0 aromatic heterocycles. The Morgan fingerprint density at radius 3 is 2.47 bits per heavy atom. The van der Waals surface area contributed by atoms with E-state index in [0.717, 1.165) is 17.9 Å². The first-order valence-corrected chi connectivity index (χ1v) is 6.67. The number of hydrogen-bond donors (Lipinski definition) is 0. The molecule has 2 saturated heterocycles. The molecule has 2 aliphatic heterocycles. The zero-order valence-electron chi connectivity index (χ0n) is 10.6. The molecule has 2 unspecified atom stereocenters. The molecule has 2 atom stereocenters. The molecule has 0 aromatic carbocycles. The van der Waals surface area contributed by atoms with E-state index in [1.807, 2.05) is 0 Å². The fourth-order valence-electron chi connectivity index (χ4n) is 3.22. The van der Waals surface area contributed by atoms with Gasteiger partial charge in [0.1, 0.15) is 0 Å². The summed E-state index contributed by atoms with van der Waals surface area (Å²) in [6.07, 6.45) is 2.89. The molecule has 0 radical (unpaired) electrons. The summed E-state index contributed by atoms with van der Waals surface area (Å²) in [5.74, 6) is 1.98. The second-order valence-electron chi connectivity index (χ2n) is 5.58. The lowest BCUT2D eigenvalue weighted by Crippen LogP contribution is -2.51. The van der Waals surface area contributed by atoms with Crippen LogP contribution in [0.2, 0.25) is 0 Å². The molecule has 15 heavy (non-hydrogen) atoms. The van der Waals surface area contributed by atoms with E-state index in [2.05, 4.69) is 30.6 Å². The summed E-state index contributed by atoms with van der Waals surface area (Å²) < 4.78 is 0. The van der Waals surface area contributed by atoms with E-state index in [1.165, 1.54) is 45.6 Å². The fourth-order valence-corrected chi connectivity index (χ4v) is 3.22.